The molecule has 1 atom stereocenters. The van der Waals surface area contributed by atoms with Crippen molar-refractivity contribution in [2.75, 3.05) is 19.6 Å². The highest BCUT2D eigenvalue weighted by Crippen LogP contribution is 2.09. The minimum atomic E-state index is -0.563. The number of hydrogen-bond acceptors (Lipinski definition) is 4. The average Bonchev–Trinajstić information content (AvgIpc) is 2.44. The van der Waals surface area contributed by atoms with Crippen LogP contribution >= 0.6 is 0 Å². The van der Waals surface area contributed by atoms with Gasteiger partial charge < -0.3 is 20.7 Å². The summed E-state index contributed by atoms with van der Waals surface area (Å²) in [4.78, 5) is 24.2. The predicted molar refractivity (Wildman–Crippen MR) is 91.4 cm³/mol. The molecule has 1 fully saturated rings. The number of alkyl carbamates (subject to hydrolysis) is 1. The van der Waals surface area contributed by atoms with Gasteiger partial charge in [-0.05, 0) is 66.0 Å². The summed E-state index contributed by atoms with van der Waals surface area (Å²) in [7, 11) is 0. The molecule has 0 aromatic carbocycles. The molecule has 3 N–H and O–H groups in total. The quantitative estimate of drug-likeness (QED) is 0.690. The SMILES string of the molecule is CC(C)(C)OC(=O)NC1CCCCNCCCCCCNC1=O. The van der Waals surface area contributed by atoms with Crippen LogP contribution < -0.4 is 16.0 Å². The Bertz CT molecular complexity index is 367. The van der Waals surface area contributed by atoms with E-state index in [4.69, 9.17) is 4.74 Å². The van der Waals surface area contributed by atoms with E-state index in [1.807, 2.05) is 20.8 Å². The monoisotopic (exact) mass is 327 g/mol. The number of ether oxygens (including phenoxy) is 1. The lowest BCUT2D eigenvalue weighted by molar-refractivity contribution is -0.123. The van der Waals surface area contributed by atoms with Crippen molar-refractivity contribution in [2.45, 2.75) is 77.4 Å². The number of hydrogen-bond donors (Lipinski definition) is 3. The molecule has 6 heteroatoms. The van der Waals surface area contributed by atoms with Gasteiger partial charge in [-0.25, -0.2) is 4.79 Å². The van der Waals surface area contributed by atoms with Gasteiger partial charge >= 0.3 is 6.09 Å². The Morgan fingerprint density at radius 2 is 1.65 bits per heavy atom. The fourth-order valence-electron chi connectivity index (χ4n) is 2.51. The number of rotatable bonds is 1. The zero-order valence-electron chi connectivity index (χ0n) is 14.9. The molecule has 23 heavy (non-hydrogen) atoms. The summed E-state index contributed by atoms with van der Waals surface area (Å²) in [5.41, 5.74) is -0.563. The first-order valence-electron chi connectivity index (χ1n) is 8.86. The molecule has 1 aliphatic heterocycles. The molecular weight excluding hydrogens is 294 g/mol. The van der Waals surface area contributed by atoms with Crippen molar-refractivity contribution >= 4 is 12.0 Å². The minimum absolute atomic E-state index is 0.110. The number of nitrogens with one attached hydrogen (secondary N) is 3. The fourth-order valence-corrected chi connectivity index (χ4v) is 2.51. The molecule has 1 rings (SSSR count). The second-order valence-electron chi connectivity index (χ2n) is 7.15. The number of carbonyl (C=O) groups is 2. The molecule has 1 aliphatic rings. The van der Waals surface area contributed by atoms with E-state index in [1.165, 1.54) is 12.8 Å². The Kier molecular flexibility index (Phi) is 8.99. The summed E-state index contributed by atoms with van der Waals surface area (Å²) in [5, 5.41) is 9.07. The van der Waals surface area contributed by atoms with Crippen LogP contribution in [0.15, 0.2) is 0 Å². The highest BCUT2D eigenvalue weighted by molar-refractivity contribution is 5.85. The van der Waals surface area contributed by atoms with Crippen LogP contribution in [0.3, 0.4) is 0 Å². The van der Waals surface area contributed by atoms with Crippen molar-refractivity contribution in [3.8, 4) is 0 Å². The van der Waals surface area contributed by atoms with Crippen LogP contribution in [-0.4, -0.2) is 43.3 Å². The molecule has 2 amide bonds. The third-order valence-electron chi connectivity index (χ3n) is 3.68. The zero-order chi connectivity index (χ0) is 17.1. The molecule has 0 spiro atoms. The third kappa shape index (κ3) is 10.2. The molecule has 0 aromatic rings. The van der Waals surface area contributed by atoms with Gasteiger partial charge in [0.05, 0.1) is 0 Å². The van der Waals surface area contributed by atoms with Crippen LogP contribution in [0.2, 0.25) is 0 Å². The van der Waals surface area contributed by atoms with Gasteiger partial charge in [-0.15, -0.1) is 0 Å². The maximum absolute atomic E-state index is 12.3. The van der Waals surface area contributed by atoms with E-state index in [9.17, 15) is 9.59 Å². The maximum atomic E-state index is 12.3. The Morgan fingerprint density at radius 1 is 1.04 bits per heavy atom. The summed E-state index contributed by atoms with van der Waals surface area (Å²) in [6.45, 7) is 8.12. The first-order chi connectivity index (χ1) is 10.9. The number of carbonyl (C=O) groups excluding carboxylic acids is 2. The fraction of sp³-hybridized carbons (Fsp3) is 0.882. The third-order valence-corrected chi connectivity index (χ3v) is 3.68. The molecule has 0 radical (unpaired) electrons. The van der Waals surface area contributed by atoms with Crippen LogP contribution in [0.25, 0.3) is 0 Å². The normalized spacial score (nSPS) is 22.6. The summed E-state index contributed by atoms with van der Waals surface area (Å²) in [6.07, 6.45) is 6.46. The van der Waals surface area contributed by atoms with Crippen LogP contribution in [0.4, 0.5) is 4.79 Å². The first-order valence-corrected chi connectivity index (χ1v) is 8.86. The summed E-state index contributed by atoms with van der Waals surface area (Å²) in [5.74, 6) is -0.110. The van der Waals surface area contributed by atoms with Crippen molar-refractivity contribution in [3.05, 3.63) is 0 Å². The van der Waals surface area contributed by atoms with E-state index in [1.54, 1.807) is 0 Å². The molecule has 1 heterocycles. The van der Waals surface area contributed by atoms with E-state index >= 15 is 0 Å². The Hall–Kier alpha value is -1.30. The van der Waals surface area contributed by atoms with Crippen molar-refractivity contribution < 1.29 is 14.3 Å². The van der Waals surface area contributed by atoms with E-state index in [0.717, 1.165) is 38.8 Å². The highest BCUT2D eigenvalue weighted by atomic mass is 16.6. The lowest BCUT2D eigenvalue weighted by Crippen LogP contribution is -2.48. The van der Waals surface area contributed by atoms with Gasteiger partial charge in [0, 0.05) is 6.54 Å². The largest absolute Gasteiger partial charge is 0.444 e. The standard InChI is InChI=1S/C17H33N3O3/c1-17(2,3)23-16(22)20-14-10-6-9-12-18-11-7-4-5-8-13-19-15(14)21/h14,18H,4-13H2,1-3H3,(H,19,21)(H,20,22). The summed E-state index contributed by atoms with van der Waals surface area (Å²) in [6, 6.07) is -0.521. The minimum Gasteiger partial charge on any atom is -0.444 e. The van der Waals surface area contributed by atoms with E-state index in [0.29, 0.717) is 13.0 Å². The first kappa shape index (κ1) is 19.7. The van der Waals surface area contributed by atoms with Gasteiger partial charge in [0.25, 0.3) is 0 Å². The molecule has 1 saturated heterocycles. The molecule has 0 saturated carbocycles. The van der Waals surface area contributed by atoms with Crippen molar-refractivity contribution in [2.24, 2.45) is 0 Å². The van der Waals surface area contributed by atoms with Gasteiger partial charge in [0.2, 0.25) is 5.91 Å². The maximum Gasteiger partial charge on any atom is 0.408 e. The zero-order valence-corrected chi connectivity index (χ0v) is 14.9. The highest BCUT2D eigenvalue weighted by Gasteiger charge is 2.23. The van der Waals surface area contributed by atoms with Crippen LogP contribution in [0.5, 0.6) is 0 Å². The van der Waals surface area contributed by atoms with Crippen molar-refractivity contribution in [3.63, 3.8) is 0 Å². The molecule has 0 aliphatic carbocycles. The second-order valence-corrected chi connectivity index (χ2v) is 7.15. The van der Waals surface area contributed by atoms with Gasteiger partial charge in [-0.1, -0.05) is 12.8 Å². The number of amides is 2. The van der Waals surface area contributed by atoms with Crippen LogP contribution in [0, 0.1) is 0 Å². The van der Waals surface area contributed by atoms with Gasteiger partial charge in [-0.2, -0.15) is 0 Å². The molecular formula is C17H33N3O3. The van der Waals surface area contributed by atoms with Gasteiger partial charge in [0.15, 0.2) is 0 Å². The second kappa shape index (κ2) is 10.5. The summed E-state index contributed by atoms with van der Waals surface area (Å²) < 4.78 is 5.26. The summed E-state index contributed by atoms with van der Waals surface area (Å²) >= 11 is 0. The van der Waals surface area contributed by atoms with Crippen LogP contribution in [-0.2, 0) is 9.53 Å². The van der Waals surface area contributed by atoms with Crippen LogP contribution in [0.1, 0.15) is 65.7 Å². The van der Waals surface area contributed by atoms with E-state index < -0.39 is 17.7 Å². The van der Waals surface area contributed by atoms with E-state index in [-0.39, 0.29) is 5.91 Å². The van der Waals surface area contributed by atoms with Crippen molar-refractivity contribution in [1.29, 1.82) is 0 Å². The molecule has 0 bridgehead atoms. The van der Waals surface area contributed by atoms with Gasteiger partial charge in [-0.3, -0.25) is 4.79 Å². The Labute approximate surface area is 140 Å². The average molecular weight is 327 g/mol. The van der Waals surface area contributed by atoms with Gasteiger partial charge in [0.1, 0.15) is 11.6 Å². The topological polar surface area (TPSA) is 79.5 Å². The Balaban J connectivity index is 2.52. The predicted octanol–water partition coefficient (Wildman–Crippen LogP) is 2.33. The smallest absolute Gasteiger partial charge is 0.408 e. The molecule has 0 aromatic heterocycles. The molecule has 134 valence electrons. The molecule has 1 unspecified atom stereocenters. The lowest BCUT2D eigenvalue weighted by atomic mass is 10.1. The van der Waals surface area contributed by atoms with Crippen molar-refractivity contribution in [1.82, 2.24) is 16.0 Å². The van der Waals surface area contributed by atoms with E-state index in [2.05, 4.69) is 16.0 Å². The molecule has 6 nitrogen and oxygen atoms in total. The Morgan fingerprint density at radius 3 is 2.30 bits per heavy atom. The lowest BCUT2D eigenvalue weighted by Gasteiger charge is -2.23.